The van der Waals surface area contributed by atoms with Crippen molar-refractivity contribution in [2.45, 2.75) is 19.9 Å². The van der Waals surface area contributed by atoms with Gasteiger partial charge in [-0.15, -0.1) is 0 Å². The zero-order valence-electron chi connectivity index (χ0n) is 12.1. The molecular weight excluding hydrogens is 267 g/mol. The van der Waals surface area contributed by atoms with E-state index in [-0.39, 0.29) is 11.5 Å². The summed E-state index contributed by atoms with van der Waals surface area (Å²) in [6, 6.07) is 13.7. The van der Waals surface area contributed by atoms with Gasteiger partial charge in [0.15, 0.2) is 0 Å². The van der Waals surface area contributed by atoms with E-state index in [0.717, 1.165) is 12.0 Å². The summed E-state index contributed by atoms with van der Waals surface area (Å²) in [6.45, 7) is 3.02. The van der Waals surface area contributed by atoms with E-state index in [1.54, 1.807) is 4.90 Å². The number of hydrogen-bond donors (Lipinski definition) is 1. The average molecular weight is 286 g/mol. The van der Waals surface area contributed by atoms with Crippen LogP contribution in [0.15, 0.2) is 48.5 Å². The highest BCUT2D eigenvalue weighted by Gasteiger charge is 2.19. The molecule has 0 aromatic heterocycles. The van der Waals surface area contributed by atoms with Crippen molar-refractivity contribution >= 4 is 11.6 Å². The zero-order valence-corrected chi connectivity index (χ0v) is 12.1. The minimum absolute atomic E-state index is 0.0272. The van der Waals surface area contributed by atoms with Crippen LogP contribution in [0.1, 0.15) is 29.3 Å². The molecule has 2 rings (SSSR count). The molecule has 0 atom stereocenters. The van der Waals surface area contributed by atoms with Gasteiger partial charge in [0.1, 0.15) is 5.82 Å². The van der Waals surface area contributed by atoms with E-state index in [0.29, 0.717) is 18.8 Å². The molecule has 0 radical (unpaired) electrons. The van der Waals surface area contributed by atoms with Gasteiger partial charge in [-0.3, -0.25) is 4.79 Å². The van der Waals surface area contributed by atoms with Crippen molar-refractivity contribution in [2.75, 3.05) is 12.3 Å². The van der Waals surface area contributed by atoms with Gasteiger partial charge in [0.05, 0.1) is 5.56 Å². The SMILES string of the molecule is CCCN(Cc1ccccc1)C(=O)c1cc(N)ccc1F. The lowest BCUT2D eigenvalue weighted by molar-refractivity contribution is 0.0738. The first-order valence-electron chi connectivity index (χ1n) is 7.00. The average Bonchev–Trinajstić information content (AvgIpc) is 2.49. The molecule has 0 spiro atoms. The molecule has 0 bridgehead atoms. The molecule has 2 N–H and O–H groups in total. The van der Waals surface area contributed by atoms with Crippen LogP contribution in [0.4, 0.5) is 10.1 Å². The Morgan fingerprint density at radius 1 is 1.19 bits per heavy atom. The van der Waals surface area contributed by atoms with Gasteiger partial charge in [0, 0.05) is 18.8 Å². The van der Waals surface area contributed by atoms with Gasteiger partial charge in [-0.1, -0.05) is 37.3 Å². The first kappa shape index (κ1) is 15.0. The van der Waals surface area contributed by atoms with Gasteiger partial charge < -0.3 is 10.6 Å². The summed E-state index contributed by atoms with van der Waals surface area (Å²) in [4.78, 5) is 14.2. The number of nitrogens with zero attached hydrogens (tertiary/aromatic N) is 1. The zero-order chi connectivity index (χ0) is 15.2. The number of rotatable bonds is 5. The monoisotopic (exact) mass is 286 g/mol. The number of carbonyl (C=O) groups excluding carboxylic acids is 1. The van der Waals surface area contributed by atoms with Crippen LogP contribution < -0.4 is 5.73 Å². The van der Waals surface area contributed by atoms with E-state index in [1.165, 1.54) is 18.2 Å². The summed E-state index contributed by atoms with van der Waals surface area (Å²) >= 11 is 0. The lowest BCUT2D eigenvalue weighted by atomic mass is 10.1. The molecule has 0 aliphatic carbocycles. The van der Waals surface area contributed by atoms with E-state index < -0.39 is 5.82 Å². The first-order valence-corrected chi connectivity index (χ1v) is 7.00. The smallest absolute Gasteiger partial charge is 0.257 e. The van der Waals surface area contributed by atoms with E-state index in [9.17, 15) is 9.18 Å². The second-order valence-corrected chi connectivity index (χ2v) is 4.95. The van der Waals surface area contributed by atoms with Gasteiger partial charge >= 0.3 is 0 Å². The normalized spacial score (nSPS) is 10.4. The fourth-order valence-corrected chi connectivity index (χ4v) is 2.20. The number of benzene rings is 2. The van der Waals surface area contributed by atoms with E-state index in [1.807, 2.05) is 37.3 Å². The Morgan fingerprint density at radius 2 is 1.90 bits per heavy atom. The van der Waals surface area contributed by atoms with Crippen molar-refractivity contribution in [3.8, 4) is 0 Å². The molecule has 0 fully saturated rings. The summed E-state index contributed by atoms with van der Waals surface area (Å²) in [5.74, 6) is -0.867. The third-order valence-corrected chi connectivity index (χ3v) is 3.22. The number of halogens is 1. The Labute approximate surface area is 124 Å². The molecule has 0 aliphatic heterocycles. The molecule has 0 heterocycles. The second-order valence-electron chi connectivity index (χ2n) is 4.95. The molecule has 1 amide bonds. The molecule has 0 unspecified atom stereocenters. The van der Waals surface area contributed by atoms with Crippen molar-refractivity contribution in [3.63, 3.8) is 0 Å². The summed E-state index contributed by atoms with van der Waals surface area (Å²) in [5.41, 5.74) is 7.08. The molecule has 2 aromatic carbocycles. The second kappa shape index (κ2) is 6.88. The Morgan fingerprint density at radius 3 is 2.57 bits per heavy atom. The number of anilines is 1. The predicted molar refractivity (Wildman–Crippen MR) is 82.3 cm³/mol. The maximum atomic E-state index is 13.9. The van der Waals surface area contributed by atoms with Gasteiger partial charge in [0.2, 0.25) is 0 Å². The summed E-state index contributed by atoms with van der Waals surface area (Å²) in [6.07, 6.45) is 0.808. The van der Waals surface area contributed by atoms with Gasteiger partial charge in [-0.25, -0.2) is 4.39 Å². The van der Waals surface area contributed by atoms with Crippen LogP contribution in [0.25, 0.3) is 0 Å². The van der Waals surface area contributed by atoms with Crippen molar-refractivity contribution < 1.29 is 9.18 Å². The minimum atomic E-state index is -0.539. The van der Waals surface area contributed by atoms with Crippen LogP contribution in [0, 0.1) is 5.82 Å². The fourth-order valence-electron chi connectivity index (χ4n) is 2.20. The Balaban J connectivity index is 2.25. The van der Waals surface area contributed by atoms with E-state index in [4.69, 9.17) is 5.73 Å². The quantitative estimate of drug-likeness (QED) is 0.856. The molecule has 4 heteroatoms. The standard InChI is InChI=1S/C17H19FN2O/c1-2-10-20(12-13-6-4-3-5-7-13)17(21)15-11-14(19)8-9-16(15)18/h3-9,11H,2,10,12,19H2,1H3. The number of nitrogen functional groups attached to an aromatic ring is 1. The molecular formula is C17H19FN2O. The van der Waals surface area contributed by atoms with Gasteiger partial charge in [0.25, 0.3) is 5.91 Å². The number of carbonyl (C=O) groups is 1. The highest BCUT2D eigenvalue weighted by atomic mass is 19.1. The molecule has 3 nitrogen and oxygen atoms in total. The summed E-state index contributed by atoms with van der Waals surface area (Å²) < 4.78 is 13.9. The van der Waals surface area contributed by atoms with Crippen LogP contribution in [0.3, 0.4) is 0 Å². The Bertz CT molecular complexity index is 613. The highest BCUT2D eigenvalue weighted by molar-refractivity contribution is 5.95. The van der Waals surface area contributed by atoms with Crippen molar-refractivity contribution in [3.05, 3.63) is 65.5 Å². The van der Waals surface area contributed by atoms with Crippen molar-refractivity contribution in [2.24, 2.45) is 0 Å². The van der Waals surface area contributed by atoms with Crippen LogP contribution >= 0.6 is 0 Å². The molecule has 0 saturated carbocycles. The van der Waals surface area contributed by atoms with Gasteiger partial charge in [-0.2, -0.15) is 0 Å². The molecule has 21 heavy (non-hydrogen) atoms. The highest BCUT2D eigenvalue weighted by Crippen LogP contribution is 2.16. The molecule has 0 saturated heterocycles. The van der Waals surface area contributed by atoms with E-state index in [2.05, 4.69) is 0 Å². The molecule has 110 valence electrons. The number of hydrogen-bond acceptors (Lipinski definition) is 2. The summed E-state index contributed by atoms with van der Waals surface area (Å²) in [5, 5.41) is 0. The van der Waals surface area contributed by atoms with Crippen LogP contribution in [0.5, 0.6) is 0 Å². The molecule has 2 aromatic rings. The topological polar surface area (TPSA) is 46.3 Å². The Kier molecular flexibility index (Phi) is 4.93. The fraction of sp³-hybridized carbons (Fsp3) is 0.235. The molecule has 0 aliphatic rings. The predicted octanol–water partition coefficient (Wildman–Crippen LogP) is 3.46. The third-order valence-electron chi connectivity index (χ3n) is 3.22. The maximum Gasteiger partial charge on any atom is 0.257 e. The van der Waals surface area contributed by atoms with Crippen LogP contribution in [-0.4, -0.2) is 17.4 Å². The number of nitrogens with two attached hydrogens (primary N) is 1. The lowest BCUT2D eigenvalue weighted by Crippen LogP contribution is -2.32. The minimum Gasteiger partial charge on any atom is -0.399 e. The summed E-state index contributed by atoms with van der Waals surface area (Å²) in [7, 11) is 0. The van der Waals surface area contributed by atoms with Crippen molar-refractivity contribution in [1.82, 2.24) is 4.90 Å². The third kappa shape index (κ3) is 3.81. The lowest BCUT2D eigenvalue weighted by Gasteiger charge is -2.22. The Hall–Kier alpha value is -2.36. The largest absolute Gasteiger partial charge is 0.399 e. The number of amides is 1. The van der Waals surface area contributed by atoms with Crippen LogP contribution in [0.2, 0.25) is 0 Å². The first-order chi connectivity index (χ1) is 10.1. The van der Waals surface area contributed by atoms with Gasteiger partial charge in [-0.05, 0) is 30.2 Å². The van der Waals surface area contributed by atoms with Crippen LogP contribution in [-0.2, 0) is 6.54 Å². The van der Waals surface area contributed by atoms with E-state index >= 15 is 0 Å². The van der Waals surface area contributed by atoms with Crippen molar-refractivity contribution in [1.29, 1.82) is 0 Å². The maximum absolute atomic E-state index is 13.9.